The maximum absolute atomic E-state index is 2.44. The van der Waals surface area contributed by atoms with Gasteiger partial charge < -0.3 is 4.90 Å². The van der Waals surface area contributed by atoms with Crippen molar-refractivity contribution in [2.24, 2.45) is 0 Å². The van der Waals surface area contributed by atoms with E-state index in [-0.39, 0.29) is 5.41 Å². The normalized spacial score (nSPS) is 16.1. The first-order valence-corrected chi connectivity index (χ1v) is 15.1. The van der Waals surface area contributed by atoms with Crippen LogP contribution in [0.5, 0.6) is 0 Å². The van der Waals surface area contributed by atoms with Crippen molar-refractivity contribution in [1.29, 1.82) is 0 Å². The molecule has 0 saturated heterocycles. The first-order chi connectivity index (χ1) is 20.2. The fourth-order valence-electron chi connectivity index (χ4n) is 7.69. The highest BCUT2D eigenvalue weighted by molar-refractivity contribution is 7.26. The molecule has 2 aliphatic carbocycles. The molecule has 2 aliphatic rings. The monoisotopic (exact) mass is 541 g/mol. The Kier molecular flexibility index (Phi) is 4.61. The molecule has 9 rings (SSSR count). The molecule has 1 aromatic heterocycles. The van der Waals surface area contributed by atoms with E-state index in [9.17, 15) is 0 Å². The Bertz CT molecular complexity index is 2200. The molecule has 0 aliphatic heterocycles. The number of rotatable bonds is 2. The predicted molar refractivity (Wildman–Crippen MR) is 175 cm³/mol. The highest BCUT2D eigenvalue weighted by Crippen LogP contribution is 2.65. The van der Waals surface area contributed by atoms with Crippen molar-refractivity contribution < 1.29 is 0 Å². The molecule has 0 bridgehead atoms. The van der Waals surface area contributed by atoms with Crippen LogP contribution in [0.25, 0.3) is 53.6 Å². The fraction of sp³-hybridized carbons (Fsp3) is 0.0769. The number of anilines is 1. The van der Waals surface area contributed by atoms with E-state index in [1.165, 1.54) is 81.5 Å². The largest absolute Gasteiger partial charge is 0.378 e. The average Bonchev–Trinajstić information content (AvgIpc) is 3.65. The van der Waals surface area contributed by atoms with Crippen molar-refractivity contribution in [1.82, 2.24) is 0 Å². The molecular weight excluding hydrogens is 515 g/mol. The first-order valence-electron chi connectivity index (χ1n) is 14.2. The van der Waals surface area contributed by atoms with Crippen molar-refractivity contribution in [3.8, 4) is 33.4 Å². The number of hydrogen-bond donors (Lipinski definition) is 0. The van der Waals surface area contributed by atoms with Crippen LogP contribution in [0.3, 0.4) is 0 Å². The summed E-state index contributed by atoms with van der Waals surface area (Å²) in [5.41, 5.74) is 14.4. The van der Waals surface area contributed by atoms with E-state index in [0.29, 0.717) is 0 Å². The van der Waals surface area contributed by atoms with Gasteiger partial charge in [0.05, 0.1) is 5.41 Å². The molecule has 1 nitrogen and oxygen atoms in total. The Morgan fingerprint density at radius 2 is 1.22 bits per heavy atom. The van der Waals surface area contributed by atoms with E-state index in [0.717, 1.165) is 0 Å². The van der Waals surface area contributed by atoms with Gasteiger partial charge in [-0.1, -0.05) is 103 Å². The van der Waals surface area contributed by atoms with Crippen LogP contribution in [0.2, 0.25) is 0 Å². The van der Waals surface area contributed by atoms with E-state index < -0.39 is 0 Å². The summed E-state index contributed by atoms with van der Waals surface area (Å²) in [4.78, 5) is 2.19. The lowest BCUT2D eigenvalue weighted by Gasteiger charge is -2.32. The van der Waals surface area contributed by atoms with Crippen LogP contribution >= 0.6 is 11.3 Å². The van der Waals surface area contributed by atoms with Crippen LogP contribution in [-0.4, -0.2) is 14.1 Å². The lowest BCUT2D eigenvalue weighted by molar-refractivity contribution is 0.796. The van der Waals surface area contributed by atoms with Gasteiger partial charge in [-0.3, -0.25) is 0 Å². The molecule has 194 valence electrons. The zero-order chi connectivity index (χ0) is 27.3. The number of benzene rings is 6. The fourth-order valence-corrected chi connectivity index (χ4v) is 8.81. The van der Waals surface area contributed by atoms with Gasteiger partial charge in [-0.05, 0) is 79.9 Å². The Hall–Kier alpha value is -4.66. The van der Waals surface area contributed by atoms with Gasteiger partial charge in [-0.15, -0.1) is 11.3 Å². The molecule has 1 heterocycles. The number of thiophene rings is 1. The van der Waals surface area contributed by atoms with Crippen molar-refractivity contribution in [3.05, 3.63) is 150 Å². The molecule has 0 amide bonds. The zero-order valence-corrected chi connectivity index (χ0v) is 23.8. The van der Waals surface area contributed by atoms with Crippen molar-refractivity contribution in [2.45, 2.75) is 5.41 Å². The maximum Gasteiger partial charge on any atom is 0.0731 e. The van der Waals surface area contributed by atoms with Gasteiger partial charge in [0.1, 0.15) is 0 Å². The predicted octanol–water partition coefficient (Wildman–Crippen LogP) is 10.1. The third-order valence-electron chi connectivity index (χ3n) is 9.28. The first kappa shape index (κ1) is 23.1. The van der Waals surface area contributed by atoms with Gasteiger partial charge in [0.2, 0.25) is 0 Å². The molecule has 2 heteroatoms. The van der Waals surface area contributed by atoms with Crippen LogP contribution in [0.15, 0.2) is 127 Å². The molecule has 0 N–H and O–H groups in total. The minimum absolute atomic E-state index is 0.389. The van der Waals surface area contributed by atoms with Crippen molar-refractivity contribution >= 4 is 37.2 Å². The number of fused-ring (bicyclic) bond motifs is 14. The molecule has 6 aromatic carbocycles. The van der Waals surface area contributed by atoms with Crippen molar-refractivity contribution in [2.75, 3.05) is 19.0 Å². The summed E-state index contributed by atoms with van der Waals surface area (Å²) in [5.74, 6) is 0. The van der Waals surface area contributed by atoms with Gasteiger partial charge in [-0.2, -0.15) is 0 Å². The van der Waals surface area contributed by atoms with E-state index in [2.05, 4.69) is 146 Å². The Morgan fingerprint density at radius 1 is 0.537 bits per heavy atom. The second-order valence-corrected chi connectivity index (χ2v) is 12.6. The summed E-state index contributed by atoms with van der Waals surface area (Å²) < 4.78 is 2.71. The summed E-state index contributed by atoms with van der Waals surface area (Å²) in [6.07, 6.45) is 0. The second-order valence-electron chi connectivity index (χ2n) is 11.5. The molecule has 0 fully saturated rings. The molecule has 7 aromatic rings. The smallest absolute Gasteiger partial charge is 0.0731 e. The Morgan fingerprint density at radius 3 is 2.07 bits per heavy atom. The minimum Gasteiger partial charge on any atom is -0.378 e. The van der Waals surface area contributed by atoms with Crippen molar-refractivity contribution in [3.63, 3.8) is 0 Å². The molecule has 0 saturated carbocycles. The van der Waals surface area contributed by atoms with Gasteiger partial charge in [0, 0.05) is 40.0 Å². The number of hydrogen-bond acceptors (Lipinski definition) is 2. The van der Waals surface area contributed by atoms with Crippen LogP contribution in [-0.2, 0) is 5.41 Å². The minimum atomic E-state index is -0.389. The Labute approximate surface area is 244 Å². The molecule has 1 atom stereocenters. The van der Waals surface area contributed by atoms with E-state index in [1.807, 2.05) is 11.3 Å². The third kappa shape index (κ3) is 2.85. The molecule has 0 radical (unpaired) electrons. The topological polar surface area (TPSA) is 3.24 Å². The molecular formula is C39H27NS. The van der Waals surface area contributed by atoms with Gasteiger partial charge in [-0.25, -0.2) is 0 Å². The van der Waals surface area contributed by atoms with Crippen LogP contribution < -0.4 is 4.90 Å². The van der Waals surface area contributed by atoms with Crippen LogP contribution in [0.4, 0.5) is 5.69 Å². The zero-order valence-electron chi connectivity index (χ0n) is 23.0. The molecule has 1 spiro atoms. The summed E-state index contributed by atoms with van der Waals surface area (Å²) >= 11 is 1.90. The van der Waals surface area contributed by atoms with Crippen LogP contribution in [0, 0.1) is 0 Å². The summed E-state index contributed by atoms with van der Waals surface area (Å²) in [6, 6.07) is 47.9. The standard InChI is InChI=1S/C39H27NS/c1-40(2)25-12-9-11-24(23-25)26-16-10-17-28-27-13-3-6-18-31(27)39(38(26)28)32-19-7-4-14-29(32)36-33(39)21-22-35-37(36)30-15-5-8-20-34(30)41-35/h3-23H,1-2H3. The van der Waals surface area contributed by atoms with E-state index >= 15 is 0 Å². The lowest BCUT2D eigenvalue weighted by Crippen LogP contribution is -2.26. The summed E-state index contributed by atoms with van der Waals surface area (Å²) in [5, 5.41) is 2.75. The second kappa shape index (κ2) is 8.19. The molecule has 1 unspecified atom stereocenters. The van der Waals surface area contributed by atoms with E-state index in [4.69, 9.17) is 0 Å². The SMILES string of the molecule is CN(C)c1cccc(-c2cccc3c2C2(c4ccccc4-3)c3ccccc3-c3c2ccc2sc4ccccc4c32)c1. The maximum atomic E-state index is 2.44. The average molecular weight is 542 g/mol. The quantitative estimate of drug-likeness (QED) is 0.210. The van der Waals surface area contributed by atoms with Gasteiger partial charge in [0.15, 0.2) is 0 Å². The highest BCUT2D eigenvalue weighted by Gasteiger charge is 2.53. The summed E-state index contributed by atoms with van der Waals surface area (Å²) in [7, 11) is 4.23. The third-order valence-corrected chi connectivity index (χ3v) is 10.4. The lowest BCUT2D eigenvalue weighted by atomic mass is 9.68. The summed E-state index contributed by atoms with van der Waals surface area (Å²) in [6.45, 7) is 0. The van der Waals surface area contributed by atoms with Crippen LogP contribution in [0.1, 0.15) is 22.3 Å². The number of nitrogens with zero attached hydrogens (tertiary/aromatic N) is 1. The molecule has 41 heavy (non-hydrogen) atoms. The Balaban J connectivity index is 1.48. The van der Waals surface area contributed by atoms with Gasteiger partial charge in [0.25, 0.3) is 0 Å². The highest BCUT2D eigenvalue weighted by atomic mass is 32.1. The van der Waals surface area contributed by atoms with Gasteiger partial charge >= 0.3 is 0 Å². The van der Waals surface area contributed by atoms with E-state index in [1.54, 1.807) is 0 Å².